The van der Waals surface area contributed by atoms with E-state index < -0.39 is 0 Å². The third-order valence-corrected chi connectivity index (χ3v) is 5.89. The minimum Gasteiger partial charge on any atom is -0.456 e. The Kier molecular flexibility index (Phi) is 6.67. The summed E-state index contributed by atoms with van der Waals surface area (Å²) >= 11 is 1.48. The maximum absolute atomic E-state index is 12.7. The van der Waals surface area contributed by atoms with Gasteiger partial charge in [-0.25, -0.2) is 4.79 Å². The van der Waals surface area contributed by atoms with Crippen molar-refractivity contribution in [1.29, 1.82) is 0 Å². The summed E-state index contributed by atoms with van der Waals surface area (Å²) in [6, 6.07) is 24.3. The summed E-state index contributed by atoms with van der Waals surface area (Å²) < 4.78 is 5.90. The lowest BCUT2D eigenvalue weighted by Gasteiger charge is -2.32. The highest BCUT2D eigenvalue weighted by atomic mass is 35.5. The summed E-state index contributed by atoms with van der Waals surface area (Å²) in [5, 5.41) is 3.35. The second-order valence-electron chi connectivity index (χ2n) is 6.48. The van der Waals surface area contributed by atoms with E-state index in [0.717, 1.165) is 23.4 Å². The van der Waals surface area contributed by atoms with E-state index in [2.05, 4.69) is 29.6 Å². The normalized spacial score (nSPS) is 19.1. The largest absolute Gasteiger partial charge is 0.456 e. The summed E-state index contributed by atoms with van der Waals surface area (Å²) in [6.07, 6.45) is 0.836. The van der Waals surface area contributed by atoms with E-state index >= 15 is 0 Å². The van der Waals surface area contributed by atoms with Crippen molar-refractivity contribution in [3.63, 3.8) is 0 Å². The van der Waals surface area contributed by atoms with Gasteiger partial charge in [0.05, 0.1) is 0 Å². The number of thiophene rings is 1. The molecule has 0 bridgehead atoms. The molecule has 0 spiro atoms. The number of nitrogens with one attached hydrogen (secondary N) is 1. The van der Waals surface area contributed by atoms with E-state index in [1.54, 1.807) is 0 Å². The van der Waals surface area contributed by atoms with Crippen molar-refractivity contribution in [3.8, 4) is 10.4 Å². The molecule has 0 aliphatic carbocycles. The monoisotopic (exact) mass is 399 g/mol. The maximum atomic E-state index is 12.7. The lowest BCUT2D eigenvalue weighted by atomic mass is 9.88. The Morgan fingerprint density at radius 1 is 0.963 bits per heavy atom. The third kappa shape index (κ3) is 4.59. The first-order chi connectivity index (χ1) is 12.8. The van der Waals surface area contributed by atoms with Gasteiger partial charge in [0.1, 0.15) is 11.0 Å². The highest BCUT2D eigenvalue weighted by Gasteiger charge is 2.30. The summed E-state index contributed by atoms with van der Waals surface area (Å²) in [5.74, 6) is 0.0155. The van der Waals surface area contributed by atoms with Crippen molar-refractivity contribution in [2.24, 2.45) is 0 Å². The number of rotatable bonds is 4. The van der Waals surface area contributed by atoms with Crippen LogP contribution in [-0.2, 0) is 4.74 Å². The Morgan fingerprint density at radius 2 is 1.67 bits per heavy atom. The van der Waals surface area contributed by atoms with Crippen molar-refractivity contribution in [2.75, 3.05) is 13.1 Å². The van der Waals surface area contributed by atoms with Crippen LogP contribution in [0.2, 0.25) is 0 Å². The Bertz CT molecular complexity index is 866. The molecule has 1 aliphatic heterocycles. The molecule has 3 nitrogen and oxygen atoms in total. The Labute approximate surface area is 169 Å². The van der Waals surface area contributed by atoms with Gasteiger partial charge in [-0.2, -0.15) is 0 Å². The molecule has 1 N–H and O–H groups in total. The van der Waals surface area contributed by atoms with E-state index in [1.165, 1.54) is 16.9 Å². The summed E-state index contributed by atoms with van der Waals surface area (Å²) in [4.78, 5) is 14.4. The Morgan fingerprint density at radius 3 is 2.41 bits per heavy atom. The van der Waals surface area contributed by atoms with Crippen molar-refractivity contribution < 1.29 is 9.53 Å². The van der Waals surface area contributed by atoms with Gasteiger partial charge in [-0.05, 0) is 36.2 Å². The lowest BCUT2D eigenvalue weighted by molar-refractivity contribution is 0.0188. The second kappa shape index (κ2) is 9.18. The molecule has 4 rings (SSSR count). The average Bonchev–Trinajstić information content (AvgIpc) is 3.20. The number of piperidine rings is 1. The van der Waals surface area contributed by atoms with Gasteiger partial charge in [0, 0.05) is 17.3 Å². The molecule has 2 aromatic carbocycles. The van der Waals surface area contributed by atoms with Crippen LogP contribution in [0.25, 0.3) is 10.4 Å². The van der Waals surface area contributed by atoms with Gasteiger partial charge in [0.15, 0.2) is 0 Å². The molecular weight excluding hydrogens is 378 g/mol. The maximum Gasteiger partial charge on any atom is 0.348 e. The number of hydrogen-bond donors (Lipinski definition) is 1. The third-order valence-electron chi connectivity index (χ3n) is 4.78. The molecule has 0 amide bonds. The molecule has 2 atom stereocenters. The highest BCUT2D eigenvalue weighted by molar-refractivity contribution is 7.17. The van der Waals surface area contributed by atoms with Crippen LogP contribution in [0.1, 0.15) is 27.6 Å². The summed E-state index contributed by atoms with van der Waals surface area (Å²) in [5.41, 5.74) is 2.36. The first-order valence-corrected chi connectivity index (χ1v) is 9.75. The van der Waals surface area contributed by atoms with E-state index in [-0.39, 0.29) is 30.4 Å². The average molecular weight is 400 g/mol. The van der Waals surface area contributed by atoms with Gasteiger partial charge in [-0.1, -0.05) is 60.7 Å². The van der Waals surface area contributed by atoms with Gasteiger partial charge in [-0.15, -0.1) is 23.7 Å². The quantitative estimate of drug-likeness (QED) is 0.617. The number of carbonyl (C=O) groups excluding carboxylic acids is 1. The van der Waals surface area contributed by atoms with Crippen molar-refractivity contribution >= 4 is 29.7 Å². The number of esters is 1. The van der Waals surface area contributed by atoms with Crippen molar-refractivity contribution in [1.82, 2.24) is 5.32 Å². The van der Waals surface area contributed by atoms with Crippen LogP contribution in [0.4, 0.5) is 0 Å². The zero-order valence-corrected chi connectivity index (χ0v) is 16.5. The van der Waals surface area contributed by atoms with E-state index in [9.17, 15) is 4.79 Å². The van der Waals surface area contributed by atoms with Crippen LogP contribution in [0.3, 0.4) is 0 Å². The second-order valence-corrected chi connectivity index (χ2v) is 7.57. The van der Waals surface area contributed by atoms with Crippen LogP contribution in [-0.4, -0.2) is 25.2 Å². The lowest BCUT2D eigenvalue weighted by Crippen LogP contribution is -2.42. The molecule has 0 unspecified atom stereocenters. The SMILES string of the molecule is Cl.O=C(O[C@H]1CNCC[C@@H]1c1ccccc1)c1ccc(-c2ccccc2)s1. The zero-order chi connectivity index (χ0) is 17.8. The number of carbonyl (C=O) groups is 1. The van der Waals surface area contributed by atoms with Crippen LogP contribution in [0.5, 0.6) is 0 Å². The zero-order valence-electron chi connectivity index (χ0n) is 14.8. The fraction of sp³-hybridized carbons (Fsp3) is 0.227. The van der Waals surface area contributed by atoms with Gasteiger partial charge < -0.3 is 10.1 Å². The number of hydrogen-bond acceptors (Lipinski definition) is 4. The molecule has 1 aromatic heterocycles. The topological polar surface area (TPSA) is 38.3 Å². The number of halogens is 1. The smallest absolute Gasteiger partial charge is 0.348 e. The first-order valence-electron chi connectivity index (χ1n) is 8.93. The van der Waals surface area contributed by atoms with E-state index in [1.807, 2.05) is 48.5 Å². The molecule has 0 saturated carbocycles. The van der Waals surface area contributed by atoms with E-state index in [4.69, 9.17) is 4.74 Å². The molecule has 1 saturated heterocycles. The minimum absolute atomic E-state index is 0. The highest BCUT2D eigenvalue weighted by Crippen LogP contribution is 2.31. The molecule has 3 aromatic rings. The van der Waals surface area contributed by atoms with Gasteiger partial charge >= 0.3 is 5.97 Å². The molecule has 5 heteroatoms. The van der Waals surface area contributed by atoms with Crippen molar-refractivity contribution in [2.45, 2.75) is 18.4 Å². The van der Waals surface area contributed by atoms with Crippen molar-refractivity contribution in [3.05, 3.63) is 83.2 Å². The Hall–Kier alpha value is -2.14. The minimum atomic E-state index is -0.230. The molecule has 1 fully saturated rings. The molecule has 0 radical (unpaired) electrons. The fourth-order valence-electron chi connectivity index (χ4n) is 3.44. The molecule has 1 aliphatic rings. The molecule has 27 heavy (non-hydrogen) atoms. The van der Waals surface area contributed by atoms with Crippen LogP contribution >= 0.6 is 23.7 Å². The van der Waals surface area contributed by atoms with E-state index in [0.29, 0.717) is 11.4 Å². The van der Waals surface area contributed by atoms with Gasteiger partial charge in [0.25, 0.3) is 0 Å². The molecular formula is C22H22ClNO2S. The predicted octanol–water partition coefficient (Wildman–Crippen LogP) is 5.14. The van der Waals surface area contributed by atoms with Gasteiger partial charge in [-0.3, -0.25) is 0 Å². The first kappa shape index (κ1) is 19.6. The fourth-order valence-corrected chi connectivity index (χ4v) is 4.33. The standard InChI is InChI=1S/C22H21NO2S.ClH/c24-22(21-12-11-20(26-21)17-9-5-2-6-10-17)25-19-15-23-14-13-18(19)16-7-3-1-4-8-16;/h1-12,18-19,23H,13-15H2;1H/t18-,19+;/m1./s1. The summed E-state index contributed by atoms with van der Waals surface area (Å²) in [6.45, 7) is 1.65. The Balaban J connectivity index is 0.00000210. The van der Waals surface area contributed by atoms with Crippen LogP contribution < -0.4 is 5.32 Å². The molecule has 2 heterocycles. The number of ether oxygens (including phenoxy) is 1. The van der Waals surface area contributed by atoms with Crippen LogP contribution in [0.15, 0.2) is 72.8 Å². The molecule has 140 valence electrons. The number of benzene rings is 2. The summed E-state index contributed by atoms with van der Waals surface area (Å²) in [7, 11) is 0. The predicted molar refractivity (Wildman–Crippen MR) is 113 cm³/mol. The van der Waals surface area contributed by atoms with Crippen LogP contribution in [0, 0.1) is 0 Å². The van der Waals surface area contributed by atoms with Gasteiger partial charge in [0.2, 0.25) is 0 Å².